The van der Waals surface area contributed by atoms with E-state index in [2.05, 4.69) is 17.1 Å². The summed E-state index contributed by atoms with van der Waals surface area (Å²) in [5.74, 6) is 0. The van der Waals surface area contributed by atoms with Crippen LogP contribution < -0.4 is 5.73 Å². The number of hydrogen-bond donors (Lipinski definition) is 2. The molecule has 2 aromatic carbocycles. The Balaban J connectivity index is 2.29. The molecule has 4 heteroatoms. The number of aromatic nitrogens is 1. The van der Waals surface area contributed by atoms with E-state index < -0.39 is 0 Å². The Bertz CT molecular complexity index is 714. The Morgan fingerprint density at radius 3 is 2.05 bits per heavy atom. The minimum atomic E-state index is 0.00684. The number of nitrogens with two attached hydrogens (primary N) is 1. The van der Waals surface area contributed by atoms with Gasteiger partial charge in [-0.3, -0.25) is 0 Å². The predicted octanol–water partition coefficient (Wildman–Crippen LogP) is 2.49. The Hall–Kier alpha value is -1.90. The number of benzene rings is 2. The molecule has 0 amide bonds. The maximum atomic E-state index is 7.45. The molecule has 3 rings (SSSR count). The van der Waals surface area contributed by atoms with Gasteiger partial charge >= 0.3 is 117 Å². The topological polar surface area (TPSA) is 62.8 Å². The van der Waals surface area contributed by atoms with E-state index in [0.717, 1.165) is 16.4 Å². The minimum absolute atomic E-state index is 0.00684. The van der Waals surface area contributed by atoms with Gasteiger partial charge in [-0.2, -0.15) is 0 Å². The average Bonchev–Trinajstić information content (AvgIpc) is 2.43. The SMILES string of the molecule is N=C(N)[Se]Cc1c2ccccc2nc2ccccc12. The van der Waals surface area contributed by atoms with E-state index in [1.165, 1.54) is 16.3 Å². The molecule has 3 aromatic rings. The van der Waals surface area contributed by atoms with E-state index in [1.54, 1.807) is 0 Å². The summed E-state index contributed by atoms with van der Waals surface area (Å²) < 4.78 is 0.289. The summed E-state index contributed by atoms with van der Waals surface area (Å²) in [7, 11) is 0. The van der Waals surface area contributed by atoms with Crippen LogP contribution in [0.1, 0.15) is 5.56 Å². The van der Waals surface area contributed by atoms with E-state index in [0.29, 0.717) is 0 Å². The molecule has 1 heterocycles. The predicted molar refractivity (Wildman–Crippen MR) is 80.6 cm³/mol. The Kier molecular flexibility index (Phi) is 3.20. The molecule has 0 fully saturated rings. The first-order chi connectivity index (χ1) is 9.25. The van der Waals surface area contributed by atoms with Gasteiger partial charge in [-0.25, -0.2) is 0 Å². The summed E-state index contributed by atoms with van der Waals surface area (Å²) in [6.45, 7) is 0. The van der Waals surface area contributed by atoms with Crippen molar-refractivity contribution in [1.82, 2.24) is 4.98 Å². The van der Waals surface area contributed by atoms with Crippen LogP contribution in [-0.2, 0) is 5.32 Å². The first-order valence-electron chi connectivity index (χ1n) is 5.99. The third-order valence-corrected chi connectivity index (χ3v) is 4.63. The molecule has 0 aliphatic rings. The molecule has 1 aromatic heterocycles. The fourth-order valence-corrected chi connectivity index (χ4v) is 3.51. The van der Waals surface area contributed by atoms with Gasteiger partial charge in [0.05, 0.1) is 0 Å². The fourth-order valence-electron chi connectivity index (χ4n) is 2.23. The van der Waals surface area contributed by atoms with Gasteiger partial charge in [0.2, 0.25) is 0 Å². The molecule has 0 spiro atoms. The van der Waals surface area contributed by atoms with Gasteiger partial charge in [0.1, 0.15) is 0 Å². The zero-order chi connectivity index (χ0) is 13.2. The van der Waals surface area contributed by atoms with E-state index in [-0.39, 0.29) is 19.7 Å². The molecule has 0 atom stereocenters. The molecule has 0 saturated carbocycles. The van der Waals surface area contributed by atoms with Crippen molar-refractivity contribution in [3.05, 3.63) is 54.1 Å². The molecule has 19 heavy (non-hydrogen) atoms. The molecule has 0 unspecified atom stereocenters. The second-order valence-corrected chi connectivity index (χ2v) is 6.41. The molecule has 3 N–H and O–H groups in total. The molecule has 3 nitrogen and oxygen atoms in total. The van der Waals surface area contributed by atoms with E-state index in [4.69, 9.17) is 11.1 Å². The van der Waals surface area contributed by atoms with E-state index >= 15 is 0 Å². The van der Waals surface area contributed by atoms with E-state index in [9.17, 15) is 0 Å². The van der Waals surface area contributed by atoms with Crippen molar-refractivity contribution in [2.24, 2.45) is 5.73 Å². The van der Waals surface area contributed by atoms with Gasteiger partial charge in [0, 0.05) is 0 Å². The van der Waals surface area contributed by atoms with Crippen LogP contribution >= 0.6 is 0 Å². The number of fused-ring (bicyclic) bond motifs is 2. The zero-order valence-electron chi connectivity index (χ0n) is 10.3. The average molecular weight is 314 g/mol. The van der Waals surface area contributed by atoms with Crippen molar-refractivity contribution in [1.29, 1.82) is 5.41 Å². The molecule has 0 aliphatic heterocycles. The van der Waals surface area contributed by atoms with Crippen molar-refractivity contribution in [2.75, 3.05) is 0 Å². The van der Waals surface area contributed by atoms with Gasteiger partial charge in [-0.05, 0) is 0 Å². The summed E-state index contributed by atoms with van der Waals surface area (Å²) in [4.78, 5) is 4.69. The first-order valence-corrected chi connectivity index (χ1v) is 8.05. The molecule has 0 bridgehead atoms. The summed E-state index contributed by atoms with van der Waals surface area (Å²) in [6.07, 6.45) is 0. The summed E-state index contributed by atoms with van der Waals surface area (Å²) in [5, 5.41) is 10.6. The van der Waals surface area contributed by atoms with Crippen LogP contribution in [0.25, 0.3) is 21.8 Å². The number of hydrogen-bond acceptors (Lipinski definition) is 2. The van der Waals surface area contributed by atoms with Crippen LogP contribution in [0.5, 0.6) is 0 Å². The zero-order valence-corrected chi connectivity index (χ0v) is 12.0. The first kappa shape index (κ1) is 12.1. The van der Waals surface area contributed by atoms with Crippen LogP contribution in [0.15, 0.2) is 48.5 Å². The molecule has 0 aliphatic carbocycles. The molecule has 0 radical (unpaired) electrons. The summed E-state index contributed by atoms with van der Waals surface area (Å²) >= 11 is 0.00684. The molecular weight excluding hydrogens is 301 g/mol. The Morgan fingerprint density at radius 2 is 1.53 bits per heavy atom. The number of nitrogens with one attached hydrogen (secondary N) is 1. The fraction of sp³-hybridized carbons (Fsp3) is 0.0667. The number of nitrogens with zero attached hydrogens (tertiary/aromatic N) is 1. The van der Waals surface area contributed by atoms with Crippen LogP contribution in [0.4, 0.5) is 0 Å². The van der Waals surface area contributed by atoms with Crippen LogP contribution in [-0.4, -0.2) is 24.7 Å². The molecule has 94 valence electrons. The Morgan fingerprint density at radius 1 is 1.00 bits per heavy atom. The maximum absolute atomic E-state index is 7.45. The number of pyridine rings is 1. The third kappa shape index (κ3) is 2.33. The second-order valence-electron chi connectivity index (χ2n) is 4.28. The van der Waals surface area contributed by atoms with Crippen molar-refractivity contribution >= 4 is 41.5 Å². The van der Waals surface area contributed by atoms with Gasteiger partial charge in [-0.15, -0.1) is 0 Å². The number of para-hydroxylation sites is 2. The van der Waals surface area contributed by atoms with Crippen molar-refractivity contribution in [3.63, 3.8) is 0 Å². The van der Waals surface area contributed by atoms with Crippen LogP contribution in [0.2, 0.25) is 0 Å². The van der Waals surface area contributed by atoms with Gasteiger partial charge < -0.3 is 0 Å². The molecule has 0 saturated heterocycles. The molecular formula is C15H13N3Se. The second kappa shape index (κ2) is 5.00. The van der Waals surface area contributed by atoms with Crippen molar-refractivity contribution in [2.45, 2.75) is 5.32 Å². The van der Waals surface area contributed by atoms with Crippen LogP contribution in [0, 0.1) is 5.41 Å². The third-order valence-electron chi connectivity index (χ3n) is 3.07. The monoisotopic (exact) mass is 315 g/mol. The quantitative estimate of drug-likeness (QED) is 0.338. The number of rotatable bonds is 3. The summed E-state index contributed by atoms with van der Waals surface area (Å²) in [5.41, 5.74) is 8.80. The van der Waals surface area contributed by atoms with Gasteiger partial charge in [0.15, 0.2) is 0 Å². The Labute approximate surface area is 117 Å². The van der Waals surface area contributed by atoms with Crippen molar-refractivity contribution < 1.29 is 0 Å². The normalized spacial score (nSPS) is 10.9. The van der Waals surface area contributed by atoms with E-state index in [1.807, 2.05) is 36.4 Å². The number of amidine groups is 1. The van der Waals surface area contributed by atoms with Gasteiger partial charge in [-0.1, -0.05) is 0 Å². The summed E-state index contributed by atoms with van der Waals surface area (Å²) in [6, 6.07) is 16.3. The standard InChI is InChI=1S/C15H13N3Se/c16-15(17)19-9-12-10-5-1-3-7-13(10)18-14-8-4-2-6-11(12)14/h1-8H,9H2,(H3,16,17). The van der Waals surface area contributed by atoms with Crippen LogP contribution in [0.3, 0.4) is 0 Å². The van der Waals surface area contributed by atoms with Crippen molar-refractivity contribution in [3.8, 4) is 0 Å². The van der Waals surface area contributed by atoms with Gasteiger partial charge in [0.25, 0.3) is 0 Å².